The number of unbranched alkanes of at least 4 members (excludes halogenated alkanes) is 2. The Morgan fingerprint density at radius 1 is 1.27 bits per heavy atom. The standard InChI is InChI=1S/C18H24N2O2/c19-10-5-1-2-6-14-9-11-20(12-14)18(21)17-16-8-4-3-7-15(16)13-22-17/h3-4,7-8,13-14H,1-2,5-6,9-12,19H2. The van der Waals surface area contributed by atoms with Crippen molar-refractivity contribution < 1.29 is 9.21 Å². The monoisotopic (exact) mass is 300 g/mol. The van der Waals surface area contributed by atoms with Crippen molar-refractivity contribution in [2.75, 3.05) is 19.6 Å². The van der Waals surface area contributed by atoms with Crippen LogP contribution in [0.1, 0.15) is 42.7 Å². The molecule has 0 saturated carbocycles. The Morgan fingerprint density at radius 3 is 3.00 bits per heavy atom. The lowest BCUT2D eigenvalue weighted by molar-refractivity contribution is 0.0757. The minimum atomic E-state index is 0.0330. The van der Waals surface area contributed by atoms with Crippen LogP contribution in [-0.2, 0) is 0 Å². The Kier molecular flexibility index (Phi) is 4.78. The zero-order chi connectivity index (χ0) is 15.4. The van der Waals surface area contributed by atoms with Crippen molar-refractivity contribution in [2.45, 2.75) is 32.1 Å². The third-order valence-corrected chi connectivity index (χ3v) is 4.59. The number of hydrogen-bond acceptors (Lipinski definition) is 3. The second-order valence-electron chi connectivity index (χ2n) is 6.20. The van der Waals surface area contributed by atoms with Crippen LogP contribution in [0.5, 0.6) is 0 Å². The molecule has 2 N–H and O–H groups in total. The van der Waals surface area contributed by atoms with E-state index in [1.807, 2.05) is 29.2 Å². The van der Waals surface area contributed by atoms with E-state index in [-0.39, 0.29) is 5.91 Å². The third kappa shape index (κ3) is 3.17. The highest BCUT2D eigenvalue weighted by molar-refractivity contribution is 6.04. The first-order valence-electron chi connectivity index (χ1n) is 8.25. The molecule has 1 atom stereocenters. The van der Waals surface area contributed by atoms with Gasteiger partial charge in [-0.25, -0.2) is 0 Å². The molecule has 3 rings (SSSR count). The van der Waals surface area contributed by atoms with Gasteiger partial charge in [0.2, 0.25) is 0 Å². The van der Waals surface area contributed by atoms with E-state index in [9.17, 15) is 4.79 Å². The number of carbonyl (C=O) groups excluding carboxylic acids is 1. The number of amides is 1. The van der Waals surface area contributed by atoms with Crippen LogP contribution in [0.3, 0.4) is 0 Å². The highest BCUT2D eigenvalue weighted by atomic mass is 16.3. The number of nitrogens with zero attached hydrogens (tertiary/aromatic N) is 1. The average molecular weight is 300 g/mol. The summed E-state index contributed by atoms with van der Waals surface area (Å²) in [6.07, 6.45) is 7.49. The van der Waals surface area contributed by atoms with Crippen LogP contribution in [0.2, 0.25) is 0 Å². The summed E-state index contributed by atoms with van der Waals surface area (Å²) in [5.41, 5.74) is 5.52. The molecule has 0 spiro atoms. The lowest BCUT2D eigenvalue weighted by atomic mass is 10.0. The van der Waals surface area contributed by atoms with Gasteiger partial charge in [-0.15, -0.1) is 0 Å². The molecule has 0 radical (unpaired) electrons. The molecule has 0 bridgehead atoms. The molecular weight excluding hydrogens is 276 g/mol. The molecule has 1 unspecified atom stereocenters. The van der Waals surface area contributed by atoms with E-state index in [0.29, 0.717) is 11.7 Å². The van der Waals surface area contributed by atoms with Crippen LogP contribution < -0.4 is 5.73 Å². The summed E-state index contributed by atoms with van der Waals surface area (Å²) in [7, 11) is 0. The molecule has 1 saturated heterocycles. The summed E-state index contributed by atoms with van der Waals surface area (Å²) in [6, 6.07) is 7.82. The second kappa shape index (κ2) is 6.97. The summed E-state index contributed by atoms with van der Waals surface area (Å²) in [5.74, 6) is 1.15. The van der Waals surface area contributed by atoms with Crippen molar-refractivity contribution in [3.8, 4) is 0 Å². The fourth-order valence-corrected chi connectivity index (χ4v) is 3.31. The highest BCUT2D eigenvalue weighted by Crippen LogP contribution is 2.27. The van der Waals surface area contributed by atoms with Crippen molar-refractivity contribution in [3.63, 3.8) is 0 Å². The van der Waals surface area contributed by atoms with E-state index in [4.69, 9.17) is 10.2 Å². The molecule has 118 valence electrons. The van der Waals surface area contributed by atoms with E-state index >= 15 is 0 Å². The fraction of sp³-hybridized carbons (Fsp3) is 0.500. The zero-order valence-electron chi connectivity index (χ0n) is 13.0. The first-order valence-corrected chi connectivity index (χ1v) is 8.25. The van der Waals surface area contributed by atoms with Crippen LogP contribution in [0.25, 0.3) is 10.8 Å². The number of likely N-dealkylation sites (tertiary alicyclic amines) is 1. The number of nitrogens with two attached hydrogens (primary N) is 1. The molecule has 4 nitrogen and oxygen atoms in total. The predicted molar refractivity (Wildman–Crippen MR) is 87.7 cm³/mol. The summed E-state index contributed by atoms with van der Waals surface area (Å²) in [4.78, 5) is 14.6. The van der Waals surface area contributed by atoms with Crippen molar-refractivity contribution in [1.82, 2.24) is 4.90 Å². The van der Waals surface area contributed by atoms with Gasteiger partial charge in [-0.2, -0.15) is 0 Å². The van der Waals surface area contributed by atoms with E-state index in [1.165, 1.54) is 19.3 Å². The number of hydrogen-bond donors (Lipinski definition) is 1. The number of benzene rings is 1. The Labute approximate surface area is 131 Å². The molecule has 4 heteroatoms. The van der Waals surface area contributed by atoms with Crippen molar-refractivity contribution in [3.05, 3.63) is 36.3 Å². The minimum Gasteiger partial charge on any atom is -0.458 e. The molecule has 1 aromatic heterocycles. The maximum Gasteiger partial charge on any atom is 0.290 e. The number of furan rings is 1. The molecule has 1 aromatic carbocycles. The highest BCUT2D eigenvalue weighted by Gasteiger charge is 2.29. The van der Waals surface area contributed by atoms with Crippen molar-refractivity contribution in [2.24, 2.45) is 11.7 Å². The predicted octanol–water partition coefficient (Wildman–Crippen LogP) is 3.41. The summed E-state index contributed by atoms with van der Waals surface area (Å²) >= 11 is 0. The maximum atomic E-state index is 12.7. The van der Waals surface area contributed by atoms with Crippen LogP contribution in [-0.4, -0.2) is 30.4 Å². The van der Waals surface area contributed by atoms with E-state index < -0.39 is 0 Å². The number of fused-ring (bicyclic) bond motifs is 1. The van der Waals surface area contributed by atoms with Crippen molar-refractivity contribution in [1.29, 1.82) is 0 Å². The molecule has 0 aliphatic carbocycles. The summed E-state index contributed by atoms with van der Waals surface area (Å²) < 4.78 is 5.53. The molecule has 1 fully saturated rings. The first-order chi connectivity index (χ1) is 10.8. The SMILES string of the molecule is NCCCCCC1CCN(C(=O)c2occ3ccccc23)C1. The van der Waals surface area contributed by atoms with Gasteiger partial charge >= 0.3 is 0 Å². The maximum absolute atomic E-state index is 12.7. The van der Waals surface area contributed by atoms with E-state index in [2.05, 4.69) is 0 Å². The van der Waals surface area contributed by atoms with Gasteiger partial charge < -0.3 is 15.1 Å². The normalized spacial score (nSPS) is 18.2. The largest absolute Gasteiger partial charge is 0.458 e. The van der Waals surface area contributed by atoms with Crippen LogP contribution in [0.4, 0.5) is 0 Å². The van der Waals surface area contributed by atoms with Gasteiger partial charge in [0.15, 0.2) is 5.76 Å². The van der Waals surface area contributed by atoms with Gasteiger partial charge in [-0.05, 0) is 31.7 Å². The van der Waals surface area contributed by atoms with Gasteiger partial charge in [-0.3, -0.25) is 4.79 Å². The molecule has 1 amide bonds. The van der Waals surface area contributed by atoms with Crippen LogP contribution >= 0.6 is 0 Å². The topological polar surface area (TPSA) is 59.5 Å². The molecule has 1 aliphatic heterocycles. The molecule has 1 aliphatic rings. The van der Waals surface area contributed by atoms with Crippen LogP contribution in [0.15, 0.2) is 34.9 Å². The Morgan fingerprint density at radius 2 is 2.14 bits per heavy atom. The van der Waals surface area contributed by atoms with E-state index in [0.717, 1.165) is 43.2 Å². The number of carbonyl (C=O) groups is 1. The first kappa shape index (κ1) is 15.1. The van der Waals surface area contributed by atoms with Gasteiger partial charge in [0.05, 0.1) is 6.26 Å². The van der Waals surface area contributed by atoms with Gasteiger partial charge in [0.25, 0.3) is 5.91 Å². The average Bonchev–Trinajstić information content (AvgIpc) is 3.18. The van der Waals surface area contributed by atoms with Gasteiger partial charge in [-0.1, -0.05) is 37.1 Å². The molecule has 22 heavy (non-hydrogen) atoms. The minimum absolute atomic E-state index is 0.0330. The molecule has 2 heterocycles. The second-order valence-corrected chi connectivity index (χ2v) is 6.20. The summed E-state index contributed by atoms with van der Waals surface area (Å²) in [5, 5.41) is 1.90. The molecule has 2 aromatic rings. The van der Waals surface area contributed by atoms with E-state index in [1.54, 1.807) is 6.26 Å². The Hall–Kier alpha value is -1.81. The molecular formula is C18H24N2O2. The lowest BCUT2D eigenvalue weighted by Gasteiger charge is -2.15. The zero-order valence-corrected chi connectivity index (χ0v) is 13.0. The van der Waals surface area contributed by atoms with Crippen molar-refractivity contribution >= 4 is 16.7 Å². The smallest absolute Gasteiger partial charge is 0.290 e. The Bertz CT molecular complexity index is 635. The van der Waals surface area contributed by atoms with Gasteiger partial charge in [0.1, 0.15) is 0 Å². The third-order valence-electron chi connectivity index (χ3n) is 4.59. The van der Waals surface area contributed by atoms with Gasteiger partial charge in [0, 0.05) is 23.9 Å². The lowest BCUT2D eigenvalue weighted by Crippen LogP contribution is -2.28. The summed E-state index contributed by atoms with van der Waals surface area (Å²) in [6.45, 7) is 2.48. The van der Waals surface area contributed by atoms with Crippen LogP contribution in [0, 0.1) is 5.92 Å². The quantitative estimate of drug-likeness (QED) is 0.832. The number of rotatable bonds is 6. The Balaban J connectivity index is 1.59. The fourth-order valence-electron chi connectivity index (χ4n) is 3.31.